The molecule has 18 fully saturated rings. The van der Waals surface area contributed by atoms with E-state index in [-0.39, 0.29) is 66.8 Å². The number of hydrogen-bond acceptors (Lipinski definition) is 9. The highest BCUT2D eigenvalue weighted by molar-refractivity contribution is 4.89. The van der Waals surface area contributed by atoms with E-state index >= 15 is 0 Å². The van der Waals surface area contributed by atoms with Crippen molar-refractivity contribution in [1.82, 2.24) is 47.0 Å². The molecule has 12 heterocycles. The fourth-order valence-corrected chi connectivity index (χ4v) is 18.6. The Morgan fingerprint density at radius 2 is 0.500 bits per heavy atom. The number of nitrogens with zero attached hydrogens (tertiary/aromatic N) is 2. The van der Waals surface area contributed by atoms with Gasteiger partial charge in [0.05, 0.1) is 0 Å². The van der Waals surface area contributed by atoms with Crippen LogP contribution < -0.4 is 37.2 Å². The van der Waals surface area contributed by atoms with Gasteiger partial charge in [0, 0.05) is 25.7 Å². The van der Waals surface area contributed by atoms with Crippen LogP contribution in [-0.4, -0.2) is 140 Å². The average molecular weight is 1590 g/mol. The summed E-state index contributed by atoms with van der Waals surface area (Å²) in [5.74, 6) is 18.9. The largest absolute Gasteiger partial charge is 0.317 e. The molecule has 6 aliphatic carbocycles. The van der Waals surface area contributed by atoms with E-state index in [4.69, 9.17) is 0 Å². The molecular formula is C103H229N9. The maximum Gasteiger partial charge on any atom is 0.00768 e. The third-order valence-corrected chi connectivity index (χ3v) is 27.2. The van der Waals surface area contributed by atoms with Gasteiger partial charge in [0.25, 0.3) is 0 Å². The summed E-state index contributed by atoms with van der Waals surface area (Å²) in [6, 6.07) is 0.796. The second-order valence-electron chi connectivity index (χ2n) is 40.3. The normalized spacial score (nSPS) is 34.9. The average Bonchev–Trinajstić information content (AvgIpc) is 0.947. The molecule has 9 nitrogen and oxygen atoms in total. The predicted octanol–water partition coefficient (Wildman–Crippen LogP) is 28.2. The Balaban J connectivity index is -0.000000211. The third-order valence-electron chi connectivity index (χ3n) is 27.2. The lowest BCUT2D eigenvalue weighted by Crippen LogP contribution is -2.46. The quantitative estimate of drug-likeness (QED) is 0.128. The first-order valence-electron chi connectivity index (χ1n) is 46.7. The maximum absolute atomic E-state index is 3.33. The van der Waals surface area contributed by atoms with E-state index < -0.39 is 0 Å². The molecule has 0 aromatic carbocycles. The fraction of sp³-hybridized carbons (Fsp3) is 1.00. The van der Waals surface area contributed by atoms with Crippen LogP contribution in [0.2, 0.25) is 0 Å². The highest BCUT2D eigenvalue weighted by Crippen LogP contribution is 2.39. The van der Waals surface area contributed by atoms with Crippen LogP contribution >= 0.6 is 0 Å². The minimum absolute atomic E-state index is 0. The zero-order valence-electron chi connectivity index (χ0n) is 73.9. The molecule has 4 bridgehead atoms. The molecule has 9 heteroatoms. The van der Waals surface area contributed by atoms with Crippen molar-refractivity contribution >= 4 is 0 Å². The summed E-state index contributed by atoms with van der Waals surface area (Å²) >= 11 is 0. The van der Waals surface area contributed by atoms with Crippen molar-refractivity contribution in [3.8, 4) is 0 Å². The number of rotatable bonds is 0. The highest BCUT2D eigenvalue weighted by atomic mass is 15.2. The summed E-state index contributed by atoms with van der Waals surface area (Å²) in [5, 5.41) is 23.1. The molecule has 18 aliphatic rings. The SMILES string of the molecule is C.C.C.C.C.C.C.C.C.CC12CCN(CC1)CC2.CC1CCC(C)C1.CC1CCC(C)C1.CC1CCC(C)CC1.CC1CCC(C)CC1.CC1CCCC(C)C1.CC1CCCC(C)C1.CC1CCCN1.CC1CCCNC1.CC1CCNC1.CC1CCNCC1.CC1CN2CCC1CC2.CC1CNC1.CC1CNCCNC1. The molecule has 0 aromatic heterocycles. The Kier molecular flexibility index (Phi) is 85.5. The minimum Gasteiger partial charge on any atom is -0.317 e. The van der Waals surface area contributed by atoms with Crippen LogP contribution in [0.4, 0.5) is 0 Å². The van der Waals surface area contributed by atoms with Crippen molar-refractivity contribution in [2.45, 2.75) is 430 Å². The summed E-state index contributed by atoms with van der Waals surface area (Å²) in [6.45, 7) is 70.8. The lowest BCUT2D eigenvalue weighted by Gasteiger charge is -2.46. The summed E-state index contributed by atoms with van der Waals surface area (Å²) in [6.07, 6.45) is 49.4. The van der Waals surface area contributed by atoms with Gasteiger partial charge in [-0.2, -0.15) is 0 Å². The van der Waals surface area contributed by atoms with E-state index in [1.807, 2.05) is 0 Å². The predicted molar refractivity (Wildman–Crippen MR) is 522 cm³/mol. The molecule has 12 saturated heterocycles. The molecule has 0 aromatic rings. The van der Waals surface area contributed by atoms with Crippen molar-refractivity contribution in [2.75, 3.05) is 124 Å². The molecule has 12 aliphatic heterocycles. The summed E-state index contributed by atoms with van der Waals surface area (Å²) in [7, 11) is 0. The molecule has 0 radical (unpaired) electrons. The number of fused-ring (bicyclic) bond motifs is 6. The molecule has 12 atom stereocenters. The topological polar surface area (TPSA) is 90.7 Å². The van der Waals surface area contributed by atoms with Crippen LogP contribution in [0, 0.1) is 118 Å². The Hall–Kier alpha value is -0.360. The van der Waals surface area contributed by atoms with E-state index in [1.165, 1.54) is 330 Å². The van der Waals surface area contributed by atoms with Gasteiger partial charge in [-0.15, -0.1) is 0 Å². The number of nitrogens with one attached hydrogen (secondary N) is 7. The van der Waals surface area contributed by atoms with Gasteiger partial charge in [-0.05, 0) is 332 Å². The molecule has 18 rings (SSSR count). The number of hydrogen-bond donors (Lipinski definition) is 7. The van der Waals surface area contributed by atoms with Crippen molar-refractivity contribution in [1.29, 1.82) is 0 Å². The van der Waals surface area contributed by atoms with Gasteiger partial charge >= 0.3 is 0 Å². The Morgan fingerprint density at radius 1 is 0.223 bits per heavy atom. The zero-order chi connectivity index (χ0) is 75.6. The van der Waals surface area contributed by atoms with Gasteiger partial charge in [0.1, 0.15) is 0 Å². The van der Waals surface area contributed by atoms with Crippen LogP contribution in [0.3, 0.4) is 0 Å². The third kappa shape index (κ3) is 67.3. The Bertz CT molecular complexity index is 1670. The molecule has 0 spiro atoms. The van der Waals surface area contributed by atoms with E-state index in [0.29, 0.717) is 0 Å². The van der Waals surface area contributed by atoms with Crippen molar-refractivity contribution in [3.05, 3.63) is 0 Å². The van der Waals surface area contributed by atoms with Gasteiger partial charge in [0.2, 0.25) is 0 Å². The van der Waals surface area contributed by atoms with Crippen molar-refractivity contribution < 1.29 is 0 Å². The van der Waals surface area contributed by atoms with Crippen molar-refractivity contribution in [3.63, 3.8) is 0 Å². The first kappa shape index (κ1) is 125. The maximum atomic E-state index is 3.33. The minimum atomic E-state index is 0. The van der Waals surface area contributed by atoms with Gasteiger partial charge in [-0.1, -0.05) is 314 Å². The standard InChI is InChI=1S/2C8H15N.4C8H16.2C7H14.C6H14N2.2C6H13N.2C5H11N.C4H9N.9CH4/c1-8-2-5-9(6-3-8)7-4-8;1-7-6-9-4-2-8(7)3-5-9;2*1-7-3-5-8(2)6-4-7;2*1-7-4-3-5-8(2)6-7;2*1-6-3-4-7(2)5-6;1-6-4-7-2-3-8-5-6;1-6-2-4-7-5-3-6;1-6-3-2-4-7-5-6;1-5-2-3-6-4-5;1-5-3-2-4-6-5;1-4-2-5-3-4;;;;;;;;;/h2-7H2,1H3;7-8H,2-6H2,1H3;4*7-8H,3-6H2,1-2H3;2*6-7H,3-5H2,1-2H3;6-8H,2-5H2,1H3;2*6-7H,2-5H2,1H3;2*5-6H,2-4H2,1H3;4-5H,2-3H2,1H3;9*1H4. The van der Waals surface area contributed by atoms with E-state index in [1.54, 1.807) is 0 Å². The lowest BCUT2D eigenvalue weighted by atomic mass is 9.74. The van der Waals surface area contributed by atoms with E-state index in [9.17, 15) is 0 Å². The summed E-state index contributed by atoms with van der Waals surface area (Å²) in [4.78, 5) is 5.19. The van der Waals surface area contributed by atoms with E-state index in [0.717, 1.165) is 137 Å². The van der Waals surface area contributed by atoms with E-state index in [2.05, 4.69) is 185 Å². The van der Waals surface area contributed by atoms with Crippen LogP contribution in [-0.2, 0) is 0 Å². The molecule has 112 heavy (non-hydrogen) atoms. The van der Waals surface area contributed by atoms with Gasteiger partial charge < -0.3 is 47.0 Å². The monoisotopic (exact) mass is 1590 g/mol. The Labute approximate surface area is 714 Å². The fourth-order valence-electron chi connectivity index (χ4n) is 18.6. The molecule has 12 unspecified atom stereocenters. The Morgan fingerprint density at radius 3 is 0.670 bits per heavy atom. The van der Waals surface area contributed by atoms with Crippen LogP contribution in [0.5, 0.6) is 0 Å². The van der Waals surface area contributed by atoms with Crippen LogP contribution in [0.25, 0.3) is 0 Å². The lowest BCUT2D eigenvalue weighted by molar-refractivity contribution is 0.0405. The molecule has 6 saturated carbocycles. The highest BCUT2D eigenvalue weighted by Gasteiger charge is 2.35. The molecule has 7 N–H and O–H groups in total. The molecular weight excluding hydrogens is 1360 g/mol. The van der Waals surface area contributed by atoms with Crippen LogP contribution in [0.1, 0.15) is 424 Å². The molecule has 0 amide bonds. The second kappa shape index (κ2) is 76.7. The first-order valence-corrected chi connectivity index (χ1v) is 46.7. The van der Waals surface area contributed by atoms with Crippen LogP contribution in [0.15, 0.2) is 0 Å². The zero-order valence-corrected chi connectivity index (χ0v) is 73.9. The molecule has 686 valence electrons. The summed E-state index contributed by atoms with van der Waals surface area (Å²) in [5.41, 5.74) is 0.745. The first-order chi connectivity index (χ1) is 49.2. The smallest absolute Gasteiger partial charge is 0.00768 e. The summed E-state index contributed by atoms with van der Waals surface area (Å²) < 4.78 is 0. The van der Waals surface area contributed by atoms with Gasteiger partial charge in [-0.25, -0.2) is 0 Å². The van der Waals surface area contributed by atoms with Gasteiger partial charge in [-0.3, -0.25) is 0 Å². The second-order valence-corrected chi connectivity index (χ2v) is 40.3. The number of piperidine rings is 8. The van der Waals surface area contributed by atoms with Crippen molar-refractivity contribution in [2.24, 2.45) is 118 Å². The van der Waals surface area contributed by atoms with Gasteiger partial charge in [0.15, 0.2) is 0 Å².